The van der Waals surface area contributed by atoms with Gasteiger partial charge in [-0.2, -0.15) is 0 Å². The molecule has 0 amide bonds. The van der Waals surface area contributed by atoms with Crippen LogP contribution in [-0.2, 0) is 9.53 Å². The zero-order valence-electron chi connectivity index (χ0n) is 13.0. The van der Waals surface area contributed by atoms with Crippen molar-refractivity contribution in [1.82, 2.24) is 0 Å². The fourth-order valence-electron chi connectivity index (χ4n) is 2.17. The van der Waals surface area contributed by atoms with Gasteiger partial charge in [-0.1, -0.05) is 30.3 Å². The van der Waals surface area contributed by atoms with E-state index in [4.69, 9.17) is 14.2 Å². The minimum atomic E-state index is -0.476. The number of esters is 1. The predicted molar refractivity (Wildman–Crippen MR) is 84.4 cm³/mol. The number of hydrogen-bond acceptors (Lipinski definition) is 4. The lowest BCUT2D eigenvalue weighted by atomic mass is 10.00. The Morgan fingerprint density at radius 2 is 1.73 bits per heavy atom. The first-order chi connectivity index (χ1) is 10.7. The summed E-state index contributed by atoms with van der Waals surface area (Å²) in [5, 5.41) is 0. The number of rotatable bonds is 6. The summed E-state index contributed by atoms with van der Waals surface area (Å²) >= 11 is 0. The van der Waals surface area contributed by atoms with Crippen molar-refractivity contribution >= 4 is 5.97 Å². The second-order valence-electron chi connectivity index (χ2n) is 4.93. The predicted octanol–water partition coefficient (Wildman–Crippen LogP) is 3.34. The van der Waals surface area contributed by atoms with Gasteiger partial charge in [-0.25, -0.2) is 0 Å². The summed E-state index contributed by atoms with van der Waals surface area (Å²) < 4.78 is 15.8. The molecule has 22 heavy (non-hydrogen) atoms. The average molecular weight is 300 g/mol. The van der Waals surface area contributed by atoms with E-state index in [0.717, 1.165) is 22.6 Å². The van der Waals surface area contributed by atoms with Crippen LogP contribution in [0.25, 0.3) is 0 Å². The maximum atomic E-state index is 12.0. The van der Waals surface area contributed by atoms with E-state index in [-0.39, 0.29) is 12.6 Å². The molecule has 0 fully saturated rings. The van der Waals surface area contributed by atoms with Crippen molar-refractivity contribution in [3.8, 4) is 11.5 Å². The molecule has 0 spiro atoms. The molecule has 0 heterocycles. The van der Waals surface area contributed by atoms with Crippen LogP contribution >= 0.6 is 0 Å². The number of aryl methyl sites for hydroxylation is 1. The number of hydrogen-bond donors (Lipinski definition) is 0. The summed E-state index contributed by atoms with van der Waals surface area (Å²) in [6, 6.07) is 15.0. The number of methoxy groups -OCH3 is 2. The van der Waals surface area contributed by atoms with Crippen molar-refractivity contribution in [2.45, 2.75) is 12.8 Å². The maximum absolute atomic E-state index is 12.0. The second-order valence-corrected chi connectivity index (χ2v) is 4.93. The molecule has 1 atom stereocenters. The molecule has 0 saturated carbocycles. The topological polar surface area (TPSA) is 44.8 Å². The quantitative estimate of drug-likeness (QED) is 0.768. The van der Waals surface area contributed by atoms with Gasteiger partial charge in [0, 0.05) is 0 Å². The van der Waals surface area contributed by atoms with E-state index in [9.17, 15) is 4.79 Å². The maximum Gasteiger partial charge on any atom is 0.316 e. The summed E-state index contributed by atoms with van der Waals surface area (Å²) in [5.74, 6) is 0.714. The van der Waals surface area contributed by atoms with Crippen molar-refractivity contribution in [1.29, 1.82) is 0 Å². The molecule has 0 aromatic heterocycles. The van der Waals surface area contributed by atoms with Gasteiger partial charge in [0.1, 0.15) is 24.0 Å². The molecule has 116 valence electrons. The highest BCUT2D eigenvalue weighted by Gasteiger charge is 2.22. The third-order valence-corrected chi connectivity index (χ3v) is 3.50. The van der Waals surface area contributed by atoms with Crippen LogP contribution in [-0.4, -0.2) is 26.8 Å². The molecule has 0 aliphatic rings. The van der Waals surface area contributed by atoms with Crippen LogP contribution in [0.2, 0.25) is 0 Å². The number of carbonyl (C=O) groups excluding carboxylic acids is 1. The average Bonchev–Trinajstić information content (AvgIpc) is 2.56. The van der Waals surface area contributed by atoms with E-state index >= 15 is 0 Å². The molecule has 2 rings (SSSR count). The minimum Gasteiger partial charge on any atom is -0.497 e. The third-order valence-electron chi connectivity index (χ3n) is 3.50. The van der Waals surface area contributed by atoms with Gasteiger partial charge in [0.2, 0.25) is 0 Å². The van der Waals surface area contributed by atoms with Crippen LogP contribution < -0.4 is 9.47 Å². The Labute approximate surface area is 130 Å². The normalized spacial score (nSPS) is 11.6. The van der Waals surface area contributed by atoms with E-state index in [1.54, 1.807) is 7.11 Å². The molecule has 4 heteroatoms. The standard InChI is InChI=1S/C18H20O4/c1-13-6-4-5-7-17(13)22-12-16(18(19)21-3)14-8-10-15(20-2)11-9-14/h4-11,16H,12H2,1-3H3. The molecule has 4 nitrogen and oxygen atoms in total. The van der Waals surface area contributed by atoms with E-state index in [2.05, 4.69) is 0 Å². The Balaban J connectivity index is 2.15. The van der Waals surface area contributed by atoms with Crippen molar-refractivity contribution in [2.75, 3.05) is 20.8 Å². The van der Waals surface area contributed by atoms with E-state index in [1.807, 2.05) is 55.5 Å². The van der Waals surface area contributed by atoms with Gasteiger partial charge < -0.3 is 14.2 Å². The number of ether oxygens (including phenoxy) is 3. The summed E-state index contributed by atoms with van der Waals surface area (Å²) in [6.45, 7) is 2.19. The number of para-hydroxylation sites is 1. The minimum absolute atomic E-state index is 0.226. The fourth-order valence-corrected chi connectivity index (χ4v) is 2.17. The first-order valence-electron chi connectivity index (χ1n) is 7.06. The Morgan fingerprint density at radius 3 is 2.32 bits per heavy atom. The lowest BCUT2D eigenvalue weighted by molar-refractivity contribution is -0.143. The largest absolute Gasteiger partial charge is 0.497 e. The van der Waals surface area contributed by atoms with E-state index in [1.165, 1.54) is 7.11 Å². The number of benzene rings is 2. The Hall–Kier alpha value is -2.49. The number of carbonyl (C=O) groups is 1. The molecule has 0 aliphatic heterocycles. The molecule has 0 radical (unpaired) electrons. The van der Waals surface area contributed by atoms with Crippen LogP contribution in [0.4, 0.5) is 0 Å². The summed E-state index contributed by atoms with van der Waals surface area (Å²) in [5.41, 5.74) is 1.86. The molecular formula is C18H20O4. The molecule has 0 bridgehead atoms. The fraction of sp³-hybridized carbons (Fsp3) is 0.278. The second kappa shape index (κ2) is 7.50. The van der Waals surface area contributed by atoms with Crippen molar-refractivity contribution in [3.05, 3.63) is 59.7 Å². The summed E-state index contributed by atoms with van der Waals surface area (Å²) in [4.78, 5) is 12.0. The van der Waals surface area contributed by atoms with Gasteiger partial charge in [-0.05, 0) is 36.2 Å². The highest BCUT2D eigenvalue weighted by atomic mass is 16.5. The zero-order valence-corrected chi connectivity index (χ0v) is 13.0. The smallest absolute Gasteiger partial charge is 0.316 e. The SMILES string of the molecule is COC(=O)C(COc1ccccc1C)c1ccc(OC)cc1. The van der Waals surface area contributed by atoms with Gasteiger partial charge in [0.25, 0.3) is 0 Å². The summed E-state index contributed by atoms with van der Waals surface area (Å²) in [6.07, 6.45) is 0. The van der Waals surface area contributed by atoms with E-state index in [0.29, 0.717) is 0 Å². The Bertz CT molecular complexity index is 619. The van der Waals surface area contributed by atoms with Crippen molar-refractivity contribution in [2.24, 2.45) is 0 Å². The summed E-state index contributed by atoms with van der Waals surface area (Å²) in [7, 11) is 2.99. The van der Waals surface area contributed by atoms with Crippen LogP contribution in [0.3, 0.4) is 0 Å². The molecule has 0 saturated heterocycles. The van der Waals surface area contributed by atoms with Crippen LogP contribution in [0.1, 0.15) is 17.0 Å². The third kappa shape index (κ3) is 3.79. The lowest BCUT2D eigenvalue weighted by Crippen LogP contribution is -2.21. The first-order valence-corrected chi connectivity index (χ1v) is 7.06. The Morgan fingerprint density at radius 1 is 1.05 bits per heavy atom. The molecule has 0 aliphatic carbocycles. The first kappa shape index (κ1) is 15.9. The molecule has 0 N–H and O–H groups in total. The van der Waals surface area contributed by atoms with Crippen LogP contribution in [0, 0.1) is 6.92 Å². The monoisotopic (exact) mass is 300 g/mol. The van der Waals surface area contributed by atoms with Gasteiger partial charge >= 0.3 is 5.97 Å². The molecular weight excluding hydrogens is 280 g/mol. The Kier molecular flexibility index (Phi) is 5.42. The van der Waals surface area contributed by atoms with Crippen LogP contribution in [0.5, 0.6) is 11.5 Å². The van der Waals surface area contributed by atoms with E-state index < -0.39 is 5.92 Å². The highest BCUT2D eigenvalue weighted by Crippen LogP contribution is 2.23. The van der Waals surface area contributed by atoms with Crippen molar-refractivity contribution in [3.63, 3.8) is 0 Å². The zero-order chi connectivity index (χ0) is 15.9. The highest BCUT2D eigenvalue weighted by molar-refractivity contribution is 5.78. The van der Waals surface area contributed by atoms with Gasteiger partial charge in [0.05, 0.1) is 14.2 Å². The van der Waals surface area contributed by atoms with Gasteiger partial charge in [-0.3, -0.25) is 4.79 Å². The van der Waals surface area contributed by atoms with Gasteiger partial charge in [0.15, 0.2) is 0 Å². The van der Waals surface area contributed by atoms with Crippen molar-refractivity contribution < 1.29 is 19.0 Å². The lowest BCUT2D eigenvalue weighted by Gasteiger charge is -2.17. The molecule has 2 aromatic rings. The van der Waals surface area contributed by atoms with Crippen LogP contribution in [0.15, 0.2) is 48.5 Å². The molecule has 1 unspecified atom stereocenters. The van der Waals surface area contributed by atoms with Gasteiger partial charge in [-0.15, -0.1) is 0 Å². The molecule has 2 aromatic carbocycles.